The zero-order chi connectivity index (χ0) is 20.8. The van der Waals surface area contributed by atoms with Gasteiger partial charge in [-0.05, 0) is 36.8 Å². The van der Waals surface area contributed by atoms with Crippen LogP contribution in [0.25, 0.3) is 21.2 Å². The number of thiazole rings is 1. The lowest BCUT2D eigenvalue weighted by atomic mass is 10.2. The molecule has 1 aliphatic heterocycles. The monoisotopic (exact) mass is 435 g/mol. The van der Waals surface area contributed by atoms with Gasteiger partial charge in [-0.1, -0.05) is 47.4 Å². The lowest BCUT2D eigenvalue weighted by molar-refractivity contribution is -0.115. The maximum atomic E-state index is 12.7. The molecule has 0 bridgehead atoms. The summed E-state index contributed by atoms with van der Waals surface area (Å²) in [6, 6.07) is 14.2. The van der Waals surface area contributed by atoms with E-state index in [1.165, 1.54) is 22.3 Å². The Kier molecular flexibility index (Phi) is 4.48. The molecule has 148 valence electrons. The van der Waals surface area contributed by atoms with E-state index in [1.807, 2.05) is 25.1 Å². The number of hydrogen-bond donors (Lipinski definition) is 0. The van der Waals surface area contributed by atoms with Crippen molar-refractivity contribution in [2.75, 3.05) is 10.7 Å². The van der Waals surface area contributed by atoms with Crippen molar-refractivity contribution in [1.82, 2.24) is 4.98 Å². The third-order valence-corrected chi connectivity index (χ3v) is 6.50. The number of hydrogen-bond acceptors (Lipinski definition) is 7. The third-order valence-electron chi connectivity index (χ3n) is 4.56. The minimum atomic E-state index is -0.764. The zero-order valence-corrected chi connectivity index (χ0v) is 17.3. The standard InChI is InChI=1S/C21H13N3O4S2/c1-11-6-7-16-14(8-11)22-21(30-16)24-17(25)10-29-20(24)23-18(26)13-9-12-4-2-3-5-15(12)28-19(13)27/h2-9H,10H2,1H3. The van der Waals surface area contributed by atoms with Crippen LogP contribution in [0.5, 0.6) is 0 Å². The zero-order valence-electron chi connectivity index (χ0n) is 15.6. The predicted molar refractivity (Wildman–Crippen MR) is 119 cm³/mol. The number of para-hydroxylation sites is 1. The summed E-state index contributed by atoms with van der Waals surface area (Å²) >= 11 is 2.49. The lowest BCUT2D eigenvalue weighted by Gasteiger charge is -2.11. The first-order valence-corrected chi connectivity index (χ1v) is 10.8. The number of thioether (sulfide) groups is 1. The van der Waals surface area contributed by atoms with Crippen LogP contribution in [0, 0.1) is 6.92 Å². The van der Waals surface area contributed by atoms with Gasteiger partial charge < -0.3 is 4.42 Å². The molecule has 0 unspecified atom stereocenters. The fourth-order valence-corrected chi connectivity index (χ4v) is 4.98. The van der Waals surface area contributed by atoms with Crippen molar-refractivity contribution in [3.63, 3.8) is 0 Å². The fraction of sp³-hybridized carbons (Fsp3) is 0.0952. The van der Waals surface area contributed by atoms with Crippen molar-refractivity contribution >= 4 is 66.4 Å². The van der Waals surface area contributed by atoms with E-state index in [1.54, 1.807) is 24.3 Å². The van der Waals surface area contributed by atoms with Crippen LogP contribution in [-0.4, -0.2) is 27.7 Å². The smallest absolute Gasteiger partial charge is 0.349 e. The number of carbonyl (C=O) groups is 2. The number of aliphatic imine (C=N–C) groups is 1. The SMILES string of the molecule is Cc1ccc2sc(N3C(=O)CSC3=NC(=O)c3cc4ccccc4oc3=O)nc2c1. The molecule has 5 rings (SSSR count). The molecule has 2 aromatic heterocycles. The number of nitrogens with zero attached hydrogens (tertiary/aromatic N) is 3. The van der Waals surface area contributed by atoms with E-state index in [4.69, 9.17) is 4.42 Å². The second-order valence-electron chi connectivity index (χ2n) is 6.67. The van der Waals surface area contributed by atoms with Gasteiger partial charge in [-0.15, -0.1) is 0 Å². The largest absolute Gasteiger partial charge is 0.422 e. The van der Waals surface area contributed by atoms with E-state index >= 15 is 0 Å². The average Bonchev–Trinajstić information content (AvgIpc) is 3.29. The summed E-state index contributed by atoms with van der Waals surface area (Å²) < 4.78 is 6.15. The molecule has 30 heavy (non-hydrogen) atoms. The molecule has 2 amide bonds. The van der Waals surface area contributed by atoms with Gasteiger partial charge >= 0.3 is 5.63 Å². The predicted octanol–water partition coefficient (Wildman–Crippen LogP) is 3.99. The lowest BCUT2D eigenvalue weighted by Crippen LogP contribution is -2.30. The van der Waals surface area contributed by atoms with Crippen molar-refractivity contribution in [3.05, 3.63) is 70.1 Å². The highest BCUT2D eigenvalue weighted by molar-refractivity contribution is 8.15. The number of amides is 2. The van der Waals surface area contributed by atoms with Crippen LogP contribution >= 0.6 is 23.1 Å². The fourth-order valence-electron chi connectivity index (χ4n) is 3.11. The highest BCUT2D eigenvalue weighted by Crippen LogP contribution is 2.34. The van der Waals surface area contributed by atoms with Crippen molar-refractivity contribution in [2.45, 2.75) is 6.92 Å². The van der Waals surface area contributed by atoms with E-state index in [-0.39, 0.29) is 22.4 Å². The molecule has 0 spiro atoms. The van der Waals surface area contributed by atoms with Gasteiger partial charge in [0.05, 0.1) is 16.0 Å². The van der Waals surface area contributed by atoms with Gasteiger partial charge in [0.1, 0.15) is 11.1 Å². The van der Waals surface area contributed by atoms with Crippen LogP contribution < -0.4 is 10.5 Å². The Hall–Kier alpha value is -3.30. The minimum absolute atomic E-state index is 0.146. The molecule has 0 atom stereocenters. The summed E-state index contributed by atoms with van der Waals surface area (Å²) in [5, 5.41) is 1.27. The highest BCUT2D eigenvalue weighted by atomic mass is 32.2. The number of aryl methyl sites for hydroxylation is 1. The summed E-state index contributed by atoms with van der Waals surface area (Å²) in [5.41, 5.74) is 1.29. The van der Waals surface area contributed by atoms with Gasteiger partial charge in [0, 0.05) is 5.39 Å². The number of benzene rings is 2. The van der Waals surface area contributed by atoms with Crippen LogP contribution in [0.2, 0.25) is 0 Å². The van der Waals surface area contributed by atoms with Crippen LogP contribution in [0.15, 0.2) is 62.7 Å². The van der Waals surface area contributed by atoms with Crippen molar-refractivity contribution in [2.24, 2.45) is 4.99 Å². The van der Waals surface area contributed by atoms with Crippen LogP contribution in [0.1, 0.15) is 15.9 Å². The van der Waals surface area contributed by atoms with E-state index in [9.17, 15) is 14.4 Å². The quantitative estimate of drug-likeness (QED) is 0.442. The molecule has 1 saturated heterocycles. The number of amidine groups is 1. The first kappa shape index (κ1) is 18.7. The van der Waals surface area contributed by atoms with Gasteiger partial charge in [0.25, 0.3) is 5.91 Å². The summed E-state index contributed by atoms with van der Waals surface area (Å²) in [6.07, 6.45) is 0. The molecular weight excluding hydrogens is 422 g/mol. The maximum Gasteiger partial charge on any atom is 0.349 e. The average molecular weight is 435 g/mol. The van der Waals surface area contributed by atoms with Crippen LogP contribution in [-0.2, 0) is 4.79 Å². The van der Waals surface area contributed by atoms with Gasteiger partial charge in [0.15, 0.2) is 10.3 Å². The van der Waals surface area contributed by atoms with Crippen molar-refractivity contribution in [3.8, 4) is 0 Å². The highest BCUT2D eigenvalue weighted by Gasteiger charge is 2.33. The summed E-state index contributed by atoms with van der Waals surface area (Å²) in [4.78, 5) is 47.4. The van der Waals surface area contributed by atoms with Gasteiger partial charge in [-0.3, -0.25) is 9.59 Å². The van der Waals surface area contributed by atoms with E-state index in [0.29, 0.717) is 16.1 Å². The van der Waals surface area contributed by atoms with Gasteiger partial charge in [0.2, 0.25) is 5.91 Å². The Balaban J connectivity index is 1.54. The molecule has 0 N–H and O–H groups in total. The second kappa shape index (κ2) is 7.19. The number of aromatic nitrogens is 1. The van der Waals surface area contributed by atoms with Crippen molar-refractivity contribution in [1.29, 1.82) is 0 Å². The summed E-state index contributed by atoms with van der Waals surface area (Å²) in [6.45, 7) is 1.97. The Morgan fingerprint density at radius 2 is 2.00 bits per heavy atom. The Labute approximate surface area is 178 Å². The topological polar surface area (TPSA) is 92.8 Å². The third kappa shape index (κ3) is 3.21. The first-order chi connectivity index (χ1) is 14.5. The summed E-state index contributed by atoms with van der Waals surface area (Å²) in [7, 11) is 0. The second-order valence-corrected chi connectivity index (χ2v) is 8.62. The molecule has 1 aliphatic rings. The molecule has 1 fully saturated rings. The molecule has 0 radical (unpaired) electrons. The molecule has 0 aliphatic carbocycles. The van der Waals surface area contributed by atoms with Gasteiger partial charge in [-0.25, -0.2) is 14.7 Å². The van der Waals surface area contributed by atoms with Crippen molar-refractivity contribution < 1.29 is 14.0 Å². The first-order valence-electron chi connectivity index (χ1n) is 8.98. The molecule has 3 heterocycles. The van der Waals surface area contributed by atoms with Gasteiger partial charge in [-0.2, -0.15) is 4.99 Å². The normalized spacial score (nSPS) is 15.6. The molecule has 0 saturated carbocycles. The number of carbonyl (C=O) groups excluding carboxylic acids is 2. The van der Waals surface area contributed by atoms with Crippen LogP contribution in [0.4, 0.5) is 5.13 Å². The summed E-state index contributed by atoms with van der Waals surface area (Å²) in [5.74, 6) is -0.825. The molecule has 4 aromatic rings. The molecule has 2 aromatic carbocycles. The number of rotatable bonds is 2. The van der Waals surface area contributed by atoms with Crippen LogP contribution in [0.3, 0.4) is 0 Å². The molecule has 9 heteroatoms. The van der Waals surface area contributed by atoms with E-state index < -0.39 is 11.5 Å². The molecular formula is C21H13N3O4S2. The Morgan fingerprint density at radius 3 is 2.87 bits per heavy atom. The number of anilines is 1. The Bertz CT molecular complexity index is 1440. The number of fused-ring (bicyclic) bond motifs is 2. The van der Waals surface area contributed by atoms with E-state index in [2.05, 4.69) is 9.98 Å². The van der Waals surface area contributed by atoms with E-state index in [0.717, 1.165) is 27.5 Å². The maximum absolute atomic E-state index is 12.7. The Morgan fingerprint density at radius 1 is 1.17 bits per heavy atom. The molecule has 7 nitrogen and oxygen atoms in total. The minimum Gasteiger partial charge on any atom is -0.422 e.